The molecule has 0 aromatic heterocycles. The Hall–Kier alpha value is 0.270. The monoisotopic (exact) mass is 189 g/mol. The molecule has 1 aliphatic rings. The smallest absolute Gasteiger partial charge is 0.129 e. The lowest BCUT2D eigenvalue weighted by Gasteiger charge is -2.10. The van der Waals surface area contributed by atoms with Crippen molar-refractivity contribution >= 4 is 11.8 Å². The quantitative estimate of drug-likeness (QED) is 0.670. The zero-order valence-electron chi connectivity index (χ0n) is 8.33. The number of rotatable bonds is 5. The molecule has 0 amide bonds. The van der Waals surface area contributed by atoms with E-state index in [1.165, 1.54) is 6.42 Å². The maximum atomic E-state index is 5.62. The first-order chi connectivity index (χ1) is 5.63. The Labute approximate surface area is 79.4 Å². The normalized spacial score (nSPS) is 30.8. The fraction of sp³-hybridized carbons (Fsp3) is 1.00. The van der Waals surface area contributed by atoms with E-state index >= 15 is 0 Å². The molecule has 0 spiro atoms. The van der Waals surface area contributed by atoms with Crippen LogP contribution in [0.1, 0.15) is 34.1 Å². The second-order valence-electron chi connectivity index (χ2n) is 3.59. The van der Waals surface area contributed by atoms with Crippen molar-refractivity contribution < 1.29 is 4.74 Å². The van der Waals surface area contributed by atoms with E-state index in [4.69, 9.17) is 4.74 Å². The van der Waals surface area contributed by atoms with Gasteiger partial charge in [0.1, 0.15) is 5.44 Å². The molecule has 1 heterocycles. The highest BCUT2D eigenvalue weighted by molar-refractivity contribution is 8.07. The van der Waals surface area contributed by atoms with Gasteiger partial charge in [-0.3, -0.25) is 5.32 Å². The molecule has 1 rings (SSSR count). The van der Waals surface area contributed by atoms with Gasteiger partial charge in [0.25, 0.3) is 0 Å². The summed E-state index contributed by atoms with van der Waals surface area (Å²) in [6, 6.07) is 0.614. The Kier molecular flexibility index (Phi) is 3.87. The molecule has 0 saturated carbocycles. The largest absolute Gasteiger partial charge is 0.362 e. The molecular weight excluding hydrogens is 170 g/mol. The van der Waals surface area contributed by atoms with Crippen LogP contribution in [-0.2, 0) is 4.74 Å². The minimum Gasteiger partial charge on any atom is -0.362 e. The van der Waals surface area contributed by atoms with E-state index in [2.05, 4.69) is 33.0 Å². The second-order valence-corrected chi connectivity index (χ2v) is 4.83. The minimum absolute atomic E-state index is 0.353. The van der Waals surface area contributed by atoms with Crippen molar-refractivity contribution in [1.29, 1.82) is 0 Å². The molecule has 0 aromatic carbocycles. The first kappa shape index (κ1) is 10.4. The zero-order chi connectivity index (χ0) is 9.14. The Morgan fingerprint density at radius 2 is 2.08 bits per heavy atom. The van der Waals surface area contributed by atoms with Crippen LogP contribution < -0.4 is 5.32 Å². The fourth-order valence-corrected chi connectivity index (χ4v) is 1.93. The standard InChI is InChI=1S/C9H19NOS/c1-5-7(4)10-8-9(12-8)11-6(2)3/h6-10H,5H2,1-4H3. The molecule has 0 aromatic rings. The Bertz CT molecular complexity index is 140. The summed E-state index contributed by atoms with van der Waals surface area (Å²) in [5, 5.41) is 4.04. The highest BCUT2D eigenvalue weighted by Crippen LogP contribution is 2.41. The zero-order valence-corrected chi connectivity index (χ0v) is 9.15. The molecule has 1 aliphatic heterocycles. The molecule has 1 fully saturated rings. The lowest BCUT2D eigenvalue weighted by Crippen LogP contribution is -2.30. The van der Waals surface area contributed by atoms with E-state index in [0.717, 1.165) is 0 Å². The SMILES string of the molecule is CCC(C)NC1SC1OC(C)C. The molecular formula is C9H19NOS. The molecule has 0 radical (unpaired) electrons. The van der Waals surface area contributed by atoms with E-state index < -0.39 is 0 Å². The highest BCUT2D eigenvalue weighted by Gasteiger charge is 2.40. The van der Waals surface area contributed by atoms with Gasteiger partial charge >= 0.3 is 0 Å². The number of hydrogen-bond donors (Lipinski definition) is 1. The summed E-state index contributed by atoms with van der Waals surface area (Å²) < 4.78 is 5.62. The highest BCUT2D eigenvalue weighted by atomic mass is 32.2. The maximum absolute atomic E-state index is 5.62. The summed E-state index contributed by atoms with van der Waals surface area (Å²) >= 11 is 1.88. The van der Waals surface area contributed by atoms with E-state index in [1.54, 1.807) is 0 Å². The third kappa shape index (κ3) is 3.33. The summed E-state index contributed by atoms with van der Waals surface area (Å²) in [7, 11) is 0. The van der Waals surface area contributed by atoms with Crippen molar-refractivity contribution in [2.45, 2.75) is 57.1 Å². The van der Waals surface area contributed by atoms with E-state index in [0.29, 0.717) is 23.0 Å². The van der Waals surface area contributed by atoms with E-state index in [-0.39, 0.29) is 0 Å². The molecule has 72 valence electrons. The summed E-state index contributed by atoms with van der Waals surface area (Å²) in [5.41, 5.74) is 0.402. The minimum atomic E-state index is 0.353. The van der Waals surface area contributed by atoms with Gasteiger partial charge in [0.2, 0.25) is 0 Å². The molecule has 1 N–H and O–H groups in total. The van der Waals surface area contributed by atoms with Gasteiger partial charge in [0, 0.05) is 6.04 Å². The van der Waals surface area contributed by atoms with Gasteiger partial charge in [-0.25, -0.2) is 0 Å². The molecule has 0 aliphatic carbocycles. The van der Waals surface area contributed by atoms with Gasteiger partial charge in [-0.2, -0.15) is 0 Å². The van der Waals surface area contributed by atoms with Crippen molar-refractivity contribution in [2.75, 3.05) is 0 Å². The summed E-state index contributed by atoms with van der Waals surface area (Å²) in [4.78, 5) is 0. The molecule has 1 saturated heterocycles. The van der Waals surface area contributed by atoms with Crippen LogP contribution in [0.3, 0.4) is 0 Å². The van der Waals surface area contributed by atoms with Crippen LogP contribution in [0.15, 0.2) is 0 Å². The van der Waals surface area contributed by atoms with Crippen LogP contribution in [0, 0.1) is 0 Å². The molecule has 3 atom stereocenters. The predicted octanol–water partition coefficient (Wildman–Crippen LogP) is 2.20. The van der Waals surface area contributed by atoms with Crippen molar-refractivity contribution in [3.63, 3.8) is 0 Å². The van der Waals surface area contributed by atoms with Crippen molar-refractivity contribution in [3.05, 3.63) is 0 Å². The Morgan fingerprint density at radius 3 is 2.58 bits per heavy atom. The third-order valence-corrected chi connectivity index (χ3v) is 2.93. The lowest BCUT2D eigenvalue weighted by molar-refractivity contribution is 0.0715. The van der Waals surface area contributed by atoms with Gasteiger partial charge in [0.15, 0.2) is 0 Å². The van der Waals surface area contributed by atoms with E-state index in [1.807, 2.05) is 11.8 Å². The van der Waals surface area contributed by atoms with Crippen LogP contribution in [0.2, 0.25) is 0 Å². The lowest BCUT2D eigenvalue weighted by atomic mass is 10.3. The van der Waals surface area contributed by atoms with Crippen molar-refractivity contribution in [1.82, 2.24) is 5.32 Å². The predicted molar refractivity (Wildman–Crippen MR) is 54.3 cm³/mol. The van der Waals surface area contributed by atoms with Crippen LogP contribution in [0.25, 0.3) is 0 Å². The Balaban J connectivity index is 2.07. The third-order valence-electron chi connectivity index (χ3n) is 1.92. The van der Waals surface area contributed by atoms with Gasteiger partial charge in [0.05, 0.1) is 11.5 Å². The molecule has 0 bridgehead atoms. The fourth-order valence-electron chi connectivity index (χ4n) is 0.987. The first-order valence-electron chi connectivity index (χ1n) is 4.70. The topological polar surface area (TPSA) is 21.3 Å². The van der Waals surface area contributed by atoms with Gasteiger partial charge in [-0.1, -0.05) is 6.92 Å². The molecule has 3 heteroatoms. The molecule has 2 nitrogen and oxygen atoms in total. The van der Waals surface area contributed by atoms with Gasteiger partial charge in [-0.15, -0.1) is 11.8 Å². The van der Waals surface area contributed by atoms with Crippen LogP contribution in [0.4, 0.5) is 0 Å². The maximum Gasteiger partial charge on any atom is 0.129 e. The van der Waals surface area contributed by atoms with Gasteiger partial charge < -0.3 is 4.74 Å². The second kappa shape index (κ2) is 4.49. The molecule has 3 unspecified atom stereocenters. The number of hydrogen-bond acceptors (Lipinski definition) is 3. The Morgan fingerprint density at radius 1 is 1.42 bits per heavy atom. The summed E-state index contributed by atoms with van der Waals surface area (Å²) in [6.45, 7) is 8.58. The van der Waals surface area contributed by atoms with Gasteiger partial charge in [-0.05, 0) is 27.2 Å². The van der Waals surface area contributed by atoms with Crippen molar-refractivity contribution in [3.8, 4) is 0 Å². The average Bonchev–Trinajstić information content (AvgIpc) is 2.66. The average molecular weight is 189 g/mol. The van der Waals surface area contributed by atoms with Crippen LogP contribution in [0.5, 0.6) is 0 Å². The van der Waals surface area contributed by atoms with Crippen molar-refractivity contribution in [2.24, 2.45) is 0 Å². The summed E-state index contributed by atoms with van der Waals surface area (Å²) in [6.07, 6.45) is 1.54. The number of ether oxygens (including phenoxy) is 1. The first-order valence-corrected chi connectivity index (χ1v) is 5.64. The van der Waals surface area contributed by atoms with Crippen LogP contribution in [-0.4, -0.2) is 23.0 Å². The summed E-state index contributed by atoms with van der Waals surface area (Å²) in [5.74, 6) is 0. The van der Waals surface area contributed by atoms with Crippen LogP contribution >= 0.6 is 11.8 Å². The van der Waals surface area contributed by atoms with E-state index in [9.17, 15) is 0 Å². The number of nitrogens with one attached hydrogen (secondary N) is 1. The molecule has 12 heavy (non-hydrogen) atoms. The number of thioether (sulfide) groups is 1.